The van der Waals surface area contributed by atoms with Crippen molar-refractivity contribution in [1.29, 1.82) is 0 Å². The number of esters is 1. The van der Waals surface area contributed by atoms with E-state index in [0.717, 1.165) is 5.75 Å². The van der Waals surface area contributed by atoms with Crippen molar-refractivity contribution in [2.24, 2.45) is 5.92 Å². The molecule has 1 saturated heterocycles. The maximum atomic E-state index is 12.3. The topological polar surface area (TPSA) is 111 Å². The van der Waals surface area contributed by atoms with Crippen molar-refractivity contribution in [2.45, 2.75) is 12.8 Å². The zero-order valence-electron chi connectivity index (χ0n) is 17.1. The fourth-order valence-corrected chi connectivity index (χ4v) is 3.42. The van der Waals surface area contributed by atoms with Crippen molar-refractivity contribution < 1.29 is 24.0 Å². The largest absolute Gasteiger partial charge is 0.492 e. The Labute approximate surface area is 180 Å². The van der Waals surface area contributed by atoms with Gasteiger partial charge in [-0.2, -0.15) is 0 Å². The number of hydrogen-bond acceptors (Lipinski definition) is 7. The highest BCUT2D eigenvalue weighted by Crippen LogP contribution is 2.31. The normalized spacial score (nSPS) is 14.0. The zero-order chi connectivity index (χ0) is 22.1. The molecule has 1 fully saturated rings. The Morgan fingerprint density at radius 1 is 1.06 bits per heavy atom. The highest BCUT2D eigenvalue weighted by Gasteiger charge is 2.29. The van der Waals surface area contributed by atoms with Crippen molar-refractivity contribution in [3.8, 4) is 5.75 Å². The van der Waals surface area contributed by atoms with Gasteiger partial charge in [0.1, 0.15) is 18.0 Å². The minimum Gasteiger partial charge on any atom is -0.492 e. The monoisotopic (exact) mass is 427 g/mol. The molecule has 0 aromatic heterocycles. The molecule has 0 aliphatic carbocycles. The van der Waals surface area contributed by atoms with Gasteiger partial charge in [-0.15, -0.1) is 0 Å². The molecule has 0 atom stereocenters. The summed E-state index contributed by atoms with van der Waals surface area (Å²) in [6.45, 7) is 1.29. The molecule has 1 N–H and O–H groups in total. The van der Waals surface area contributed by atoms with Crippen molar-refractivity contribution in [1.82, 2.24) is 5.32 Å². The van der Waals surface area contributed by atoms with Crippen molar-refractivity contribution in [3.63, 3.8) is 0 Å². The average Bonchev–Trinajstić information content (AvgIpc) is 2.81. The second-order valence-electron chi connectivity index (χ2n) is 7.13. The Balaban J connectivity index is 1.35. The molecule has 164 valence electrons. The van der Waals surface area contributed by atoms with E-state index in [1.165, 1.54) is 6.07 Å². The lowest BCUT2D eigenvalue weighted by atomic mass is 9.96. The predicted molar refractivity (Wildman–Crippen MR) is 114 cm³/mol. The van der Waals surface area contributed by atoms with E-state index < -0.39 is 10.9 Å². The Bertz CT molecular complexity index is 897. The van der Waals surface area contributed by atoms with Crippen molar-refractivity contribution in [3.05, 3.63) is 64.7 Å². The molecule has 1 amide bonds. The number of rotatable bonds is 9. The maximum Gasteiger partial charge on any atom is 0.309 e. The number of carbonyl (C=O) groups is 2. The van der Waals surface area contributed by atoms with Gasteiger partial charge in [0, 0.05) is 19.2 Å². The van der Waals surface area contributed by atoms with Crippen LogP contribution in [-0.2, 0) is 14.3 Å². The number of hydrogen-bond donors (Lipinski definition) is 1. The third-order valence-corrected chi connectivity index (χ3v) is 5.03. The smallest absolute Gasteiger partial charge is 0.309 e. The predicted octanol–water partition coefficient (Wildman–Crippen LogP) is 2.55. The molecule has 31 heavy (non-hydrogen) atoms. The fraction of sp³-hybridized carbons (Fsp3) is 0.364. The lowest BCUT2D eigenvalue weighted by Crippen LogP contribution is -2.38. The summed E-state index contributed by atoms with van der Waals surface area (Å²) in [5, 5.41) is 13.9. The molecule has 0 unspecified atom stereocenters. The summed E-state index contributed by atoms with van der Waals surface area (Å²) < 4.78 is 10.6. The van der Waals surface area contributed by atoms with Crippen LogP contribution < -0.4 is 15.0 Å². The van der Waals surface area contributed by atoms with Crippen LogP contribution in [0.5, 0.6) is 5.75 Å². The summed E-state index contributed by atoms with van der Waals surface area (Å²) >= 11 is 0. The number of nitro groups is 1. The van der Waals surface area contributed by atoms with Gasteiger partial charge in [-0.1, -0.05) is 30.3 Å². The van der Waals surface area contributed by atoms with E-state index >= 15 is 0 Å². The van der Waals surface area contributed by atoms with Crippen LogP contribution in [0, 0.1) is 16.0 Å². The van der Waals surface area contributed by atoms with E-state index in [0.29, 0.717) is 44.8 Å². The van der Waals surface area contributed by atoms with Gasteiger partial charge in [0.25, 0.3) is 11.6 Å². The average molecular weight is 427 g/mol. The van der Waals surface area contributed by atoms with E-state index in [2.05, 4.69) is 5.32 Å². The first-order valence-electron chi connectivity index (χ1n) is 10.1. The molecule has 0 radical (unpaired) electrons. The number of ether oxygens (including phenoxy) is 2. The minimum atomic E-state index is -0.419. The minimum absolute atomic E-state index is 0.0523. The zero-order valence-corrected chi connectivity index (χ0v) is 17.1. The number of anilines is 1. The van der Waals surface area contributed by atoms with E-state index in [9.17, 15) is 19.7 Å². The summed E-state index contributed by atoms with van der Waals surface area (Å²) in [5.74, 6) is -0.413. The molecule has 2 aromatic rings. The summed E-state index contributed by atoms with van der Waals surface area (Å²) in [7, 11) is 0. The highest BCUT2D eigenvalue weighted by atomic mass is 16.6. The third-order valence-electron chi connectivity index (χ3n) is 5.03. The van der Waals surface area contributed by atoms with Gasteiger partial charge in [0.05, 0.1) is 17.4 Å². The second kappa shape index (κ2) is 11.0. The van der Waals surface area contributed by atoms with Crippen LogP contribution in [-0.4, -0.2) is 49.6 Å². The van der Waals surface area contributed by atoms with E-state index in [4.69, 9.17) is 9.47 Å². The van der Waals surface area contributed by atoms with Crippen molar-refractivity contribution >= 4 is 23.3 Å². The van der Waals surface area contributed by atoms with Crippen LogP contribution in [0.2, 0.25) is 0 Å². The lowest BCUT2D eigenvalue weighted by Gasteiger charge is -2.32. The Morgan fingerprint density at radius 2 is 1.74 bits per heavy atom. The highest BCUT2D eigenvalue weighted by molar-refractivity contribution is 5.81. The van der Waals surface area contributed by atoms with E-state index in [-0.39, 0.29) is 24.1 Å². The molecule has 1 aliphatic rings. The molecule has 1 heterocycles. The number of piperidine rings is 1. The fourth-order valence-electron chi connectivity index (χ4n) is 3.42. The summed E-state index contributed by atoms with van der Waals surface area (Å²) in [6.07, 6.45) is 1.02. The molecular formula is C22H25N3O6. The summed E-state index contributed by atoms with van der Waals surface area (Å²) in [6, 6.07) is 15.8. The van der Waals surface area contributed by atoms with E-state index in [1.807, 2.05) is 35.2 Å². The number of nitro benzene ring substituents is 1. The maximum absolute atomic E-state index is 12.3. The molecular weight excluding hydrogens is 402 g/mol. The number of benzene rings is 2. The first kappa shape index (κ1) is 22.1. The number of amides is 1. The number of nitrogens with zero attached hydrogens (tertiary/aromatic N) is 2. The van der Waals surface area contributed by atoms with Gasteiger partial charge in [-0.3, -0.25) is 19.7 Å². The molecule has 0 bridgehead atoms. The molecule has 9 heteroatoms. The van der Waals surface area contributed by atoms with Gasteiger partial charge in [-0.05, 0) is 31.0 Å². The molecule has 1 aliphatic heterocycles. The van der Waals surface area contributed by atoms with Crippen LogP contribution in [0.15, 0.2) is 54.6 Å². The second-order valence-corrected chi connectivity index (χ2v) is 7.13. The van der Waals surface area contributed by atoms with Gasteiger partial charge < -0.3 is 19.7 Å². The van der Waals surface area contributed by atoms with Crippen LogP contribution >= 0.6 is 0 Å². The van der Waals surface area contributed by atoms with Gasteiger partial charge in [0.15, 0.2) is 6.61 Å². The standard InChI is InChI=1S/C22H25N3O6/c26-21(23-12-15-30-18-6-2-1-3-7-18)16-31-22(27)17-10-13-24(14-11-17)19-8-4-5-9-20(19)25(28)29/h1-9,17H,10-16H2,(H,23,26). The summed E-state index contributed by atoms with van der Waals surface area (Å²) in [4.78, 5) is 36.9. The Morgan fingerprint density at radius 3 is 2.45 bits per heavy atom. The molecule has 3 rings (SSSR count). The first-order valence-corrected chi connectivity index (χ1v) is 10.1. The van der Waals surface area contributed by atoms with Gasteiger partial charge >= 0.3 is 5.97 Å². The van der Waals surface area contributed by atoms with Crippen molar-refractivity contribution in [2.75, 3.05) is 37.7 Å². The molecule has 2 aromatic carbocycles. The van der Waals surface area contributed by atoms with Crippen LogP contribution in [0.3, 0.4) is 0 Å². The molecule has 0 spiro atoms. The summed E-state index contributed by atoms with van der Waals surface area (Å²) in [5.41, 5.74) is 0.604. The number of nitrogens with one attached hydrogen (secondary N) is 1. The molecule has 0 saturated carbocycles. The van der Waals surface area contributed by atoms with Gasteiger partial charge in [0.2, 0.25) is 0 Å². The molecule has 9 nitrogen and oxygen atoms in total. The van der Waals surface area contributed by atoms with Crippen LogP contribution in [0.25, 0.3) is 0 Å². The first-order chi connectivity index (χ1) is 15.0. The Kier molecular flexibility index (Phi) is 7.80. The Hall–Kier alpha value is -3.62. The number of carbonyl (C=O) groups excluding carboxylic acids is 2. The van der Waals surface area contributed by atoms with Crippen LogP contribution in [0.1, 0.15) is 12.8 Å². The van der Waals surface area contributed by atoms with Gasteiger partial charge in [-0.25, -0.2) is 0 Å². The quantitative estimate of drug-likeness (QED) is 0.283. The van der Waals surface area contributed by atoms with Crippen LogP contribution in [0.4, 0.5) is 11.4 Å². The lowest BCUT2D eigenvalue weighted by molar-refractivity contribution is -0.384. The van der Waals surface area contributed by atoms with E-state index in [1.54, 1.807) is 18.2 Å². The number of para-hydroxylation sites is 3. The SMILES string of the molecule is O=C(COC(=O)C1CCN(c2ccccc2[N+](=O)[O-])CC1)NCCOc1ccccc1. The third kappa shape index (κ3) is 6.43.